The van der Waals surface area contributed by atoms with Gasteiger partial charge in [0.15, 0.2) is 0 Å². The summed E-state index contributed by atoms with van der Waals surface area (Å²) in [7, 11) is 0. The lowest BCUT2D eigenvalue weighted by molar-refractivity contribution is 0.249. The van der Waals surface area contributed by atoms with E-state index in [1.165, 1.54) is 32.1 Å². The smallest absolute Gasteiger partial charge is 0.0153 e. The summed E-state index contributed by atoms with van der Waals surface area (Å²) in [5.41, 5.74) is 6.43. The quantitative estimate of drug-likeness (QED) is 0.735. The molecule has 0 aliphatic heterocycles. The molecule has 0 bridgehead atoms. The first kappa shape index (κ1) is 13.0. The zero-order valence-electron chi connectivity index (χ0n) is 10.7. The van der Waals surface area contributed by atoms with Gasteiger partial charge in [-0.1, -0.05) is 33.1 Å². The Morgan fingerprint density at radius 1 is 1.20 bits per heavy atom. The van der Waals surface area contributed by atoms with Gasteiger partial charge in [0, 0.05) is 11.6 Å². The SMILES string of the molecule is CC(C)C(N)CCNC1(C)CCCCC1. The lowest BCUT2D eigenvalue weighted by Gasteiger charge is -2.35. The van der Waals surface area contributed by atoms with Crippen molar-refractivity contribution < 1.29 is 0 Å². The minimum atomic E-state index is 0.352. The molecule has 0 aromatic heterocycles. The summed E-state index contributed by atoms with van der Waals surface area (Å²) in [5, 5.41) is 3.70. The Hall–Kier alpha value is -0.0800. The van der Waals surface area contributed by atoms with Gasteiger partial charge < -0.3 is 11.1 Å². The highest BCUT2D eigenvalue weighted by atomic mass is 15.0. The van der Waals surface area contributed by atoms with Gasteiger partial charge in [-0.2, -0.15) is 0 Å². The van der Waals surface area contributed by atoms with Crippen LogP contribution in [0, 0.1) is 5.92 Å². The van der Waals surface area contributed by atoms with Crippen molar-refractivity contribution in [2.24, 2.45) is 11.7 Å². The van der Waals surface area contributed by atoms with Crippen molar-refractivity contribution in [2.75, 3.05) is 6.54 Å². The summed E-state index contributed by atoms with van der Waals surface area (Å²) in [5.74, 6) is 0.603. The highest BCUT2D eigenvalue weighted by molar-refractivity contribution is 4.86. The Kier molecular flexibility index (Phi) is 5.07. The second kappa shape index (κ2) is 5.86. The molecule has 3 N–H and O–H groups in total. The van der Waals surface area contributed by atoms with Crippen molar-refractivity contribution in [1.82, 2.24) is 5.32 Å². The van der Waals surface area contributed by atoms with Crippen molar-refractivity contribution in [3.63, 3.8) is 0 Å². The van der Waals surface area contributed by atoms with E-state index < -0.39 is 0 Å². The predicted molar refractivity (Wildman–Crippen MR) is 66.9 cm³/mol. The van der Waals surface area contributed by atoms with E-state index in [2.05, 4.69) is 26.1 Å². The van der Waals surface area contributed by atoms with Crippen LogP contribution in [0.2, 0.25) is 0 Å². The molecule has 1 aliphatic rings. The van der Waals surface area contributed by atoms with Crippen LogP contribution in [-0.2, 0) is 0 Å². The summed E-state index contributed by atoms with van der Waals surface area (Å²) in [6, 6.07) is 0.352. The van der Waals surface area contributed by atoms with Crippen molar-refractivity contribution in [1.29, 1.82) is 0 Å². The fourth-order valence-corrected chi connectivity index (χ4v) is 2.38. The fraction of sp³-hybridized carbons (Fsp3) is 1.00. The van der Waals surface area contributed by atoms with Crippen LogP contribution in [0.4, 0.5) is 0 Å². The van der Waals surface area contributed by atoms with E-state index >= 15 is 0 Å². The van der Waals surface area contributed by atoms with Crippen molar-refractivity contribution in [3.8, 4) is 0 Å². The monoisotopic (exact) mass is 212 g/mol. The van der Waals surface area contributed by atoms with Gasteiger partial charge in [-0.25, -0.2) is 0 Å². The van der Waals surface area contributed by atoms with E-state index in [9.17, 15) is 0 Å². The van der Waals surface area contributed by atoms with E-state index in [4.69, 9.17) is 5.73 Å². The zero-order chi connectivity index (χ0) is 11.3. The molecular formula is C13H28N2. The Morgan fingerprint density at radius 2 is 1.80 bits per heavy atom. The van der Waals surface area contributed by atoms with Crippen molar-refractivity contribution in [3.05, 3.63) is 0 Å². The maximum absolute atomic E-state index is 6.04. The maximum Gasteiger partial charge on any atom is 0.0153 e. The number of rotatable bonds is 5. The van der Waals surface area contributed by atoms with Gasteiger partial charge >= 0.3 is 0 Å². The number of hydrogen-bond acceptors (Lipinski definition) is 2. The Labute approximate surface area is 95.0 Å². The molecule has 1 atom stereocenters. The summed E-state index contributed by atoms with van der Waals surface area (Å²) in [6.07, 6.45) is 7.98. The third-order valence-electron chi connectivity index (χ3n) is 3.84. The molecule has 0 saturated heterocycles. The standard InChI is InChI=1S/C13H28N2/c1-11(2)12(14)7-10-15-13(3)8-5-4-6-9-13/h11-12,15H,4-10,14H2,1-3H3. The van der Waals surface area contributed by atoms with Crippen LogP contribution in [0.15, 0.2) is 0 Å². The van der Waals surface area contributed by atoms with Crippen molar-refractivity contribution in [2.45, 2.75) is 70.9 Å². The Balaban J connectivity index is 2.18. The third-order valence-corrected chi connectivity index (χ3v) is 3.84. The number of hydrogen-bond donors (Lipinski definition) is 2. The second-order valence-electron chi connectivity index (χ2n) is 5.74. The first-order valence-electron chi connectivity index (χ1n) is 6.54. The second-order valence-corrected chi connectivity index (χ2v) is 5.74. The van der Waals surface area contributed by atoms with E-state index in [0.717, 1.165) is 13.0 Å². The molecule has 1 unspecified atom stereocenters. The van der Waals surface area contributed by atoms with E-state index in [1.54, 1.807) is 0 Å². The Morgan fingerprint density at radius 3 is 2.33 bits per heavy atom. The molecule has 1 rings (SSSR count). The molecule has 1 fully saturated rings. The van der Waals surface area contributed by atoms with Gasteiger partial charge in [0.25, 0.3) is 0 Å². The van der Waals surface area contributed by atoms with Crippen molar-refractivity contribution >= 4 is 0 Å². The summed E-state index contributed by atoms with van der Waals surface area (Å²) < 4.78 is 0. The summed E-state index contributed by atoms with van der Waals surface area (Å²) >= 11 is 0. The molecule has 0 heterocycles. The highest BCUT2D eigenvalue weighted by Gasteiger charge is 2.25. The van der Waals surface area contributed by atoms with Crippen LogP contribution < -0.4 is 11.1 Å². The number of nitrogens with two attached hydrogens (primary N) is 1. The molecule has 0 aromatic rings. The summed E-state index contributed by atoms with van der Waals surface area (Å²) in [4.78, 5) is 0. The predicted octanol–water partition coefficient (Wildman–Crippen LogP) is 2.67. The topological polar surface area (TPSA) is 38.0 Å². The molecule has 0 amide bonds. The van der Waals surface area contributed by atoms with Crippen LogP contribution >= 0.6 is 0 Å². The molecule has 2 heteroatoms. The molecule has 1 saturated carbocycles. The normalized spacial score (nSPS) is 23.0. The minimum absolute atomic E-state index is 0.352. The van der Waals surface area contributed by atoms with Gasteiger partial charge in [0.1, 0.15) is 0 Å². The van der Waals surface area contributed by atoms with Gasteiger partial charge in [-0.15, -0.1) is 0 Å². The first-order valence-corrected chi connectivity index (χ1v) is 6.54. The molecule has 0 radical (unpaired) electrons. The molecule has 90 valence electrons. The van der Waals surface area contributed by atoms with Gasteiger partial charge in [0.2, 0.25) is 0 Å². The van der Waals surface area contributed by atoms with Gasteiger partial charge in [-0.05, 0) is 38.6 Å². The van der Waals surface area contributed by atoms with Gasteiger partial charge in [-0.3, -0.25) is 0 Å². The van der Waals surface area contributed by atoms with Crippen LogP contribution in [0.25, 0.3) is 0 Å². The first-order chi connectivity index (χ1) is 7.03. The summed E-state index contributed by atoms with van der Waals surface area (Å²) in [6.45, 7) is 7.85. The average molecular weight is 212 g/mol. The van der Waals surface area contributed by atoms with Crippen LogP contribution in [0.3, 0.4) is 0 Å². The highest BCUT2D eigenvalue weighted by Crippen LogP contribution is 2.27. The van der Waals surface area contributed by atoms with Crippen LogP contribution in [0.1, 0.15) is 59.3 Å². The largest absolute Gasteiger partial charge is 0.327 e. The van der Waals surface area contributed by atoms with E-state index in [-0.39, 0.29) is 0 Å². The minimum Gasteiger partial charge on any atom is -0.327 e. The number of nitrogens with one attached hydrogen (secondary N) is 1. The molecule has 2 nitrogen and oxygen atoms in total. The fourth-order valence-electron chi connectivity index (χ4n) is 2.38. The van der Waals surface area contributed by atoms with E-state index in [1.807, 2.05) is 0 Å². The third kappa shape index (κ3) is 4.52. The average Bonchev–Trinajstić information content (AvgIpc) is 2.18. The zero-order valence-corrected chi connectivity index (χ0v) is 10.7. The maximum atomic E-state index is 6.04. The van der Waals surface area contributed by atoms with Gasteiger partial charge in [0.05, 0.1) is 0 Å². The lowest BCUT2D eigenvalue weighted by atomic mass is 9.83. The molecular weight excluding hydrogens is 184 g/mol. The lowest BCUT2D eigenvalue weighted by Crippen LogP contribution is -2.45. The van der Waals surface area contributed by atoms with Crippen LogP contribution in [-0.4, -0.2) is 18.1 Å². The van der Waals surface area contributed by atoms with E-state index in [0.29, 0.717) is 17.5 Å². The molecule has 1 aliphatic carbocycles. The molecule has 15 heavy (non-hydrogen) atoms. The molecule has 0 aromatic carbocycles. The molecule has 0 spiro atoms. The Bertz CT molecular complexity index is 171. The van der Waals surface area contributed by atoms with Crippen LogP contribution in [0.5, 0.6) is 0 Å².